The second kappa shape index (κ2) is 5.98. The van der Waals surface area contributed by atoms with Gasteiger partial charge in [-0.2, -0.15) is 0 Å². The van der Waals surface area contributed by atoms with E-state index >= 15 is 0 Å². The summed E-state index contributed by atoms with van der Waals surface area (Å²) in [5.41, 5.74) is 3.03. The van der Waals surface area contributed by atoms with Gasteiger partial charge in [-0.15, -0.1) is 12.4 Å². The fourth-order valence-corrected chi connectivity index (χ4v) is 2.29. The molecule has 3 rings (SSSR count). The third-order valence-corrected chi connectivity index (χ3v) is 3.31. The molecule has 0 unspecified atom stereocenters. The maximum atomic E-state index is 9.24. The molecule has 0 saturated heterocycles. The number of hydrogen-bond acceptors (Lipinski definition) is 3. The number of nitrogens with zero attached hydrogens (tertiary/aromatic N) is 1. The van der Waals surface area contributed by atoms with E-state index in [-0.39, 0.29) is 18.2 Å². The number of benzene rings is 2. The number of hydrogen-bond donors (Lipinski definition) is 3. The number of halogens is 1. The minimum absolute atomic E-state index is 0. The molecular weight excluding hydrogens is 294 g/mol. The topological polar surface area (TPSA) is 53.0 Å². The van der Waals surface area contributed by atoms with Crippen molar-refractivity contribution in [1.29, 1.82) is 0 Å². The third-order valence-electron chi connectivity index (χ3n) is 2.99. The number of aromatic amines is 1. The van der Waals surface area contributed by atoms with Crippen LogP contribution >= 0.6 is 24.6 Å². The summed E-state index contributed by atoms with van der Waals surface area (Å²) in [6.45, 7) is 0.577. The van der Waals surface area contributed by atoms with E-state index in [1.54, 1.807) is 12.1 Å². The van der Waals surface area contributed by atoms with Gasteiger partial charge in [0.15, 0.2) is 4.77 Å². The number of anilines is 1. The number of phenolic OH excluding ortho intramolecular Hbond substituents is 1. The Hall–Kier alpha value is -1.98. The first-order chi connectivity index (χ1) is 9.24. The van der Waals surface area contributed by atoms with Crippen molar-refractivity contribution in [2.75, 3.05) is 5.32 Å². The van der Waals surface area contributed by atoms with Crippen LogP contribution in [0.4, 0.5) is 5.69 Å². The Labute approximate surface area is 127 Å². The Kier molecular flexibility index (Phi) is 4.32. The van der Waals surface area contributed by atoms with E-state index in [2.05, 4.69) is 10.3 Å². The van der Waals surface area contributed by atoms with Crippen LogP contribution in [0.25, 0.3) is 11.0 Å². The lowest BCUT2D eigenvalue weighted by Gasteiger charge is -2.08. The van der Waals surface area contributed by atoms with Gasteiger partial charge < -0.3 is 15.4 Å². The molecule has 0 bridgehead atoms. The van der Waals surface area contributed by atoms with E-state index in [0.29, 0.717) is 11.4 Å². The highest BCUT2D eigenvalue weighted by atomic mass is 35.5. The van der Waals surface area contributed by atoms with Gasteiger partial charge in [0, 0.05) is 5.69 Å². The molecule has 0 saturated carbocycles. The smallest absolute Gasteiger partial charge is 0.179 e. The molecule has 4 nitrogen and oxygen atoms in total. The zero-order valence-corrected chi connectivity index (χ0v) is 12.2. The number of para-hydroxylation sites is 2. The SMILES string of the molecule is Cl.Oc1ccc(NCn2c(=S)[nH]c3ccccc32)cc1. The van der Waals surface area contributed by atoms with Crippen LogP contribution in [0.3, 0.4) is 0 Å². The van der Waals surface area contributed by atoms with Gasteiger partial charge in [0.2, 0.25) is 0 Å². The van der Waals surface area contributed by atoms with Crippen molar-refractivity contribution < 1.29 is 5.11 Å². The highest BCUT2D eigenvalue weighted by Gasteiger charge is 2.02. The van der Waals surface area contributed by atoms with Crippen molar-refractivity contribution in [3.05, 3.63) is 53.3 Å². The Morgan fingerprint density at radius 1 is 1.10 bits per heavy atom. The lowest BCUT2D eigenvalue weighted by molar-refractivity contribution is 0.475. The fourth-order valence-electron chi connectivity index (χ4n) is 2.01. The third kappa shape index (κ3) is 2.79. The number of rotatable bonds is 3. The van der Waals surface area contributed by atoms with Gasteiger partial charge in [-0.25, -0.2) is 0 Å². The zero-order valence-electron chi connectivity index (χ0n) is 10.5. The van der Waals surface area contributed by atoms with Crippen molar-refractivity contribution in [1.82, 2.24) is 9.55 Å². The number of imidazole rings is 1. The summed E-state index contributed by atoms with van der Waals surface area (Å²) < 4.78 is 2.69. The number of fused-ring (bicyclic) bond motifs is 1. The standard InChI is InChI=1S/C14H13N3OS.ClH/c18-11-7-5-10(6-8-11)15-9-17-13-4-2-1-3-12(13)16-14(17)19;/h1-8,15,18H,9H2,(H,16,19);1H. The average Bonchev–Trinajstić information content (AvgIpc) is 2.74. The van der Waals surface area contributed by atoms with Gasteiger partial charge in [0.1, 0.15) is 5.75 Å². The molecule has 0 atom stereocenters. The minimum atomic E-state index is 0. The van der Waals surface area contributed by atoms with E-state index in [1.807, 2.05) is 41.0 Å². The highest BCUT2D eigenvalue weighted by Crippen LogP contribution is 2.16. The Balaban J connectivity index is 0.00000147. The number of aromatic nitrogens is 2. The summed E-state index contributed by atoms with van der Waals surface area (Å²) in [6, 6.07) is 14.9. The van der Waals surface area contributed by atoms with Gasteiger partial charge >= 0.3 is 0 Å². The summed E-state index contributed by atoms with van der Waals surface area (Å²) >= 11 is 5.32. The van der Waals surface area contributed by atoms with Crippen LogP contribution in [-0.4, -0.2) is 14.7 Å². The monoisotopic (exact) mass is 307 g/mol. The molecule has 0 aliphatic heterocycles. The lowest BCUT2D eigenvalue weighted by atomic mass is 10.3. The van der Waals surface area contributed by atoms with Gasteiger partial charge in [-0.05, 0) is 48.6 Å². The largest absolute Gasteiger partial charge is 0.508 e. The molecule has 1 aromatic heterocycles. The normalized spacial score (nSPS) is 10.2. The predicted octanol–water partition coefficient (Wildman–Crippen LogP) is 3.90. The summed E-state index contributed by atoms with van der Waals surface area (Å²) in [6.07, 6.45) is 0. The Bertz CT molecular complexity index is 764. The molecular formula is C14H14ClN3OS. The number of aromatic hydroxyl groups is 1. The van der Waals surface area contributed by atoms with E-state index < -0.39 is 0 Å². The molecule has 3 N–H and O–H groups in total. The van der Waals surface area contributed by atoms with E-state index in [9.17, 15) is 5.11 Å². The quantitative estimate of drug-likeness (QED) is 0.508. The number of nitrogens with one attached hydrogen (secondary N) is 2. The van der Waals surface area contributed by atoms with E-state index in [0.717, 1.165) is 16.7 Å². The van der Waals surface area contributed by atoms with Crippen LogP contribution in [0.2, 0.25) is 0 Å². The molecule has 0 spiro atoms. The zero-order chi connectivity index (χ0) is 13.2. The molecule has 0 radical (unpaired) electrons. The molecule has 0 fully saturated rings. The first kappa shape index (κ1) is 14.4. The van der Waals surface area contributed by atoms with Crippen molar-refractivity contribution in [3.63, 3.8) is 0 Å². The molecule has 0 amide bonds. The molecule has 0 aliphatic rings. The van der Waals surface area contributed by atoms with Crippen LogP contribution in [0.1, 0.15) is 0 Å². The van der Waals surface area contributed by atoms with E-state index in [1.165, 1.54) is 0 Å². The lowest BCUT2D eigenvalue weighted by Crippen LogP contribution is -2.07. The molecule has 3 aromatic rings. The van der Waals surface area contributed by atoms with Gasteiger partial charge in [-0.3, -0.25) is 4.57 Å². The minimum Gasteiger partial charge on any atom is -0.508 e. The van der Waals surface area contributed by atoms with Crippen molar-refractivity contribution in [3.8, 4) is 5.75 Å². The van der Waals surface area contributed by atoms with Crippen LogP contribution in [0, 0.1) is 4.77 Å². The fraction of sp³-hybridized carbons (Fsp3) is 0.0714. The average molecular weight is 308 g/mol. The molecule has 1 heterocycles. The molecule has 0 aliphatic carbocycles. The molecule has 2 aromatic carbocycles. The Morgan fingerprint density at radius 3 is 2.55 bits per heavy atom. The Morgan fingerprint density at radius 2 is 1.80 bits per heavy atom. The molecule has 6 heteroatoms. The van der Waals surface area contributed by atoms with Crippen molar-refractivity contribution >= 4 is 41.3 Å². The second-order valence-corrected chi connectivity index (χ2v) is 4.64. The first-order valence-electron chi connectivity index (χ1n) is 5.94. The summed E-state index contributed by atoms with van der Waals surface area (Å²) in [7, 11) is 0. The second-order valence-electron chi connectivity index (χ2n) is 4.26. The summed E-state index contributed by atoms with van der Waals surface area (Å²) in [5, 5.41) is 12.5. The first-order valence-corrected chi connectivity index (χ1v) is 6.35. The predicted molar refractivity (Wildman–Crippen MR) is 86.1 cm³/mol. The van der Waals surface area contributed by atoms with Crippen molar-refractivity contribution in [2.45, 2.75) is 6.67 Å². The van der Waals surface area contributed by atoms with Crippen molar-refractivity contribution in [2.24, 2.45) is 0 Å². The number of phenols is 1. The van der Waals surface area contributed by atoms with Crippen LogP contribution in [-0.2, 0) is 6.67 Å². The molecule has 20 heavy (non-hydrogen) atoms. The maximum Gasteiger partial charge on any atom is 0.179 e. The summed E-state index contributed by atoms with van der Waals surface area (Å²) in [4.78, 5) is 3.17. The highest BCUT2D eigenvalue weighted by molar-refractivity contribution is 7.71. The van der Waals surface area contributed by atoms with Crippen LogP contribution < -0.4 is 5.32 Å². The van der Waals surface area contributed by atoms with Gasteiger partial charge in [0.25, 0.3) is 0 Å². The van der Waals surface area contributed by atoms with Gasteiger partial charge in [0.05, 0.1) is 17.7 Å². The molecule has 104 valence electrons. The van der Waals surface area contributed by atoms with Crippen LogP contribution in [0.5, 0.6) is 5.75 Å². The van der Waals surface area contributed by atoms with Crippen LogP contribution in [0.15, 0.2) is 48.5 Å². The van der Waals surface area contributed by atoms with E-state index in [4.69, 9.17) is 12.2 Å². The number of H-pyrrole nitrogens is 1. The van der Waals surface area contributed by atoms with Gasteiger partial charge in [-0.1, -0.05) is 12.1 Å². The summed E-state index contributed by atoms with van der Waals surface area (Å²) in [5.74, 6) is 0.259. The maximum absolute atomic E-state index is 9.24.